The molecule has 0 aliphatic heterocycles. The van der Waals surface area contributed by atoms with Crippen molar-refractivity contribution in [2.75, 3.05) is 13.7 Å². The standard InChI is InChI=1S/C22H28NO2S/c1-16(24-4)15-17(2)25-14-13-23-12-8-7-10-20(23)22-18(3)19-9-5-6-11-21(19)26-22/h5-12,16-17H,13-15H2,1-4H3/q+1. The Morgan fingerprint density at radius 2 is 1.81 bits per heavy atom. The van der Waals surface area contributed by atoms with Gasteiger partial charge in [0.25, 0.3) is 0 Å². The number of aryl methyl sites for hydroxylation is 1. The second-order valence-corrected chi connectivity index (χ2v) is 7.85. The van der Waals surface area contributed by atoms with E-state index in [0.29, 0.717) is 6.61 Å². The number of hydrogen-bond donors (Lipinski definition) is 0. The molecule has 0 spiro atoms. The number of nitrogens with zero attached hydrogens (tertiary/aromatic N) is 1. The van der Waals surface area contributed by atoms with Crippen LogP contribution in [0.1, 0.15) is 25.8 Å². The topological polar surface area (TPSA) is 22.3 Å². The van der Waals surface area contributed by atoms with Crippen molar-refractivity contribution in [3.05, 3.63) is 54.2 Å². The molecule has 2 heterocycles. The summed E-state index contributed by atoms with van der Waals surface area (Å²) in [6.07, 6.45) is 3.48. The molecule has 0 fully saturated rings. The van der Waals surface area contributed by atoms with Gasteiger partial charge < -0.3 is 9.47 Å². The maximum atomic E-state index is 6.00. The third kappa shape index (κ3) is 4.32. The molecule has 0 amide bonds. The van der Waals surface area contributed by atoms with Crippen molar-refractivity contribution in [1.29, 1.82) is 0 Å². The molecule has 2 unspecified atom stereocenters. The number of fused-ring (bicyclic) bond motifs is 1. The van der Waals surface area contributed by atoms with Gasteiger partial charge in [0.05, 0.1) is 12.2 Å². The summed E-state index contributed by atoms with van der Waals surface area (Å²) in [6, 6.07) is 15.0. The molecule has 4 heteroatoms. The van der Waals surface area contributed by atoms with Crippen molar-refractivity contribution >= 4 is 21.4 Å². The van der Waals surface area contributed by atoms with Crippen LogP contribution in [0.25, 0.3) is 20.7 Å². The number of rotatable bonds is 8. The van der Waals surface area contributed by atoms with Crippen molar-refractivity contribution in [3.8, 4) is 10.6 Å². The molecular weight excluding hydrogens is 342 g/mol. The van der Waals surface area contributed by atoms with Crippen LogP contribution < -0.4 is 4.57 Å². The molecule has 26 heavy (non-hydrogen) atoms. The SMILES string of the molecule is COC(C)CC(C)OCC[n+]1ccccc1-c1sc2ccccc2c1C. The van der Waals surface area contributed by atoms with E-state index < -0.39 is 0 Å². The highest BCUT2D eigenvalue weighted by Gasteiger charge is 2.19. The number of pyridine rings is 1. The minimum absolute atomic E-state index is 0.198. The summed E-state index contributed by atoms with van der Waals surface area (Å²) in [7, 11) is 1.75. The highest BCUT2D eigenvalue weighted by molar-refractivity contribution is 7.22. The second-order valence-electron chi connectivity index (χ2n) is 6.80. The zero-order valence-corrected chi connectivity index (χ0v) is 16.9. The van der Waals surface area contributed by atoms with Crippen molar-refractivity contribution in [3.63, 3.8) is 0 Å². The van der Waals surface area contributed by atoms with Crippen LogP contribution in [0.4, 0.5) is 0 Å². The Kier molecular flexibility index (Phi) is 6.41. The molecule has 0 saturated heterocycles. The molecule has 0 aliphatic carbocycles. The fraction of sp³-hybridized carbons (Fsp3) is 0.409. The Labute approximate surface area is 160 Å². The van der Waals surface area contributed by atoms with Crippen molar-refractivity contribution < 1.29 is 14.0 Å². The zero-order valence-electron chi connectivity index (χ0n) is 16.1. The first-order valence-electron chi connectivity index (χ1n) is 9.21. The van der Waals surface area contributed by atoms with E-state index in [4.69, 9.17) is 9.47 Å². The van der Waals surface area contributed by atoms with Crippen LogP contribution in [0.3, 0.4) is 0 Å². The molecule has 2 aromatic heterocycles. The summed E-state index contributed by atoms with van der Waals surface area (Å²) in [6.45, 7) is 7.95. The van der Waals surface area contributed by atoms with Crippen molar-refractivity contribution in [2.24, 2.45) is 0 Å². The van der Waals surface area contributed by atoms with Gasteiger partial charge in [-0.05, 0) is 50.3 Å². The molecule has 3 rings (SSSR count). The number of ether oxygens (including phenoxy) is 2. The van der Waals surface area contributed by atoms with E-state index in [1.165, 1.54) is 26.2 Å². The molecule has 138 valence electrons. The Bertz CT molecular complexity index is 858. The Morgan fingerprint density at radius 3 is 2.58 bits per heavy atom. The Balaban J connectivity index is 1.75. The molecule has 0 bridgehead atoms. The maximum Gasteiger partial charge on any atom is 0.222 e. The number of methoxy groups -OCH3 is 1. The smallest absolute Gasteiger partial charge is 0.222 e. The van der Waals surface area contributed by atoms with E-state index in [1.54, 1.807) is 7.11 Å². The van der Waals surface area contributed by atoms with E-state index >= 15 is 0 Å². The first kappa shape index (κ1) is 19.0. The van der Waals surface area contributed by atoms with Crippen LogP contribution in [0, 0.1) is 6.92 Å². The van der Waals surface area contributed by atoms with Crippen LogP contribution >= 0.6 is 11.3 Å². The molecule has 3 nitrogen and oxygen atoms in total. The summed E-state index contributed by atoms with van der Waals surface area (Å²) in [5.41, 5.74) is 2.61. The van der Waals surface area contributed by atoms with Gasteiger partial charge in [-0.25, -0.2) is 0 Å². The lowest BCUT2D eigenvalue weighted by atomic mass is 10.1. The van der Waals surface area contributed by atoms with Crippen LogP contribution in [0.15, 0.2) is 48.7 Å². The van der Waals surface area contributed by atoms with Gasteiger partial charge in [0, 0.05) is 23.9 Å². The van der Waals surface area contributed by atoms with Gasteiger partial charge in [0.2, 0.25) is 5.69 Å². The lowest BCUT2D eigenvalue weighted by Gasteiger charge is -2.16. The minimum Gasteiger partial charge on any atom is -0.382 e. The summed E-state index contributed by atoms with van der Waals surface area (Å²) >= 11 is 1.86. The zero-order chi connectivity index (χ0) is 18.5. The second kappa shape index (κ2) is 8.76. The highest BCUT2D eigenvalue weighted by atomic mass is 32.1. The van der Waals surface area contributed by atoms with Crippen LogP contribution in [0.2, 0.25) is 0 Å². The van der Waals surface area contributed by atoms with Crippen LogP contribution in [-0.2, 0) is 16.0 Å². The van der Waals surface area contributed by atoms with E-state index in [2.05, 4.69) is 74.0 Å². The first-order valence-corrected chi connectivity index (χ1v) is 10.0. The summed E-state index contributed by atoms with van der Waals surface area (Å²) in [5.74, 6) is 0. The monoisotopic (exact) mass is 370 g/mol. The average molecular weight is 371 g/mol. The van der Waals surface area contributed by atoms with Gasteiger partial charge in [0.15, 0.2) is 12.7 Å². The van der Waals surface area contributed by atoms with Crippen LogP contribution in [-0.4, -0.2) is 25.9 Å². The van der Waals surface area contributed by atoms with E-state index in [1.807, 2.05) is 11.3 Å². The Morgan fingerprint density at radius 1 is 1.04 bits per heavy atom. The number of benzene rings is 1. The molecule has 0 aliphatic rings. The molecule has 1 aromatic carbocycles. The quantitative estimate of drug-likeness (QED) is 0.521. The molecule has 3 aromatic rings. The molecule has 0 radical (unpaired) electrons. The normalized spacial score (nSPS) is 13.8. The van der Waals surface area contributed by atoms with E-state index in [0.717, 1.165) is 13.0 Å². The number of thiophene rings is 1. The third-order valence-corrected chi connectivity index (χ3v) is 6.11. The fourth-order valence-corrected chi connectivity index (χ4v) is 4.53. The molecule has 2 atom stereocenters. The summed E-state index contributed by atoms with van der Waals surface area (Å²) in [4.78, 5) is 1.34. The predicted octanol–water partition coefficient (Wildman–Crippen LogP) is 4.99. The van der Waals surface area contributed by atoms with Gasteiger partial charge in [-0.3, -0.25) is 0 Å². The number of hydrogen-bond acceptors (Lipinski definition) is 3. The van der Waals surface area contributed by atoms with E-state index in [-0.39, 0.29) is 12.2 Å². The lowest BCUT2D eigenvalue weighted by molar-refractivity contribution is -0.688. The summed E-state index contributed by atoms with van der Waals surface area (Å²) in [5, 5.41) is 1.35. The van der Waals surface area contributed by atoms with Gasteiger partial charge >= 0.3 is 0 Å². The Hall–Kier alpha value is -1.75. The lowest BCUT2D eigenvalue weighted by Crippen LogP contribution is -2.38. The molecule has 0 N–H and O–H groups in total. The fourth-order valence-electron chi connectivity index (χ4n) is 3.28. The highest BCUT2D eigenvalue weighted by Crippen LogP contribution is 2.36. The minimum atomic E-state index is 0.198. The van der Waals surface area contributed by atoms with Gasteiger partial charge in [-0.2, -0.15) is 4.57 Å². The third-order valence-electron chi connectivity index (χ3n) is 4.82. The van der Waals surface area contributed by atoms with Gasteiger partial charge in [-0.15, -0.1) is 11.3 Å². The van der Waals surface area contributed by atoms with Crippen LogP contribution in [0.5, 0.6) is 0 Å². The van der Waals surface area contributed by atoms with Crippen molar-refractivity contribution in [1.82, 2.24) is 0 Å². The van der Waals surface area contributed by atoms with Crippen molar-refractivity contribution in [2.45, 2.75) is 45.9 Å². The van der Waals surface area contributed by atoms with Gasteiger partial charge in [-0.1, -0.05) is 18.2 Å². The summed E-state index contributed by atoms with van der Waals surface area (Å²) < 4.78 is 15.0. The van der Waals surface area contributed by atoms with Gasteiger partial charge in [0.1, 0.15) is 11.5 Å². The predicted molar refractivity (Wildman–Crippen MR) is 109 cm³/mol. The maximum absolute atomic E-state index is 6.00. The van der Waals surface area contributed by atoms with E-state index in [9.17, 15) is 0 Å². The first-order chi connectivity index (χ1) is 12.6. The molecular formula is C22H28NO2S+. The largest absolute Gasteiger partial charge is 0.382 e. The molecule has 0 saturated carbocycles. The average Bonchev–Trinajstić information content (AvgIpc) is 2.99. The number of aromatic nitrogens is 1.